The standard InChI is InChI=1S/C8H8BrFO/c9-4-6-1-2-8(10)3-7(6)5-11/h1-3,11H,4-5H2. The van der Waals surface area contributed by atoms with E-state index in [0.717, 1.165) is 5.56 Å². The summed E-state index contributed by atoms with van der Waals surface area (Å²) in [7, 11) is 0. The molecule has 0 aromatic heterocycles. The maximum atomic E-state index is 12.5. The Morgan fingerprint density at radius 2 is 2.09 bits per heavy atom. The van der Waals surface area contributed by atoms with Crippen LogP contribution in [0, 0.1) is 5.82 Å². The molecule has 0 aliphatic heterocycles. The quantitative estimate of drug-likeness (QED) is 0.756. The van der Waals surface area contributed by atoms with E-state index in [4.69, 9.17) is 5.11 Å². The maximum Gasteiger partial charge on any atom is 0.123 e. The second kappa shape index (κ2) is 3.83. The van der Waals surface area contributed by atoms with Gasteiger partial charge in [-0.2, -0.15) is 0 Å². The van der Waals surface area contributed by atoms with Crippen molar-refractivity contribution in [2.24, 2.45) is 0 Å². The lowest BCUT2D eigenvalue weighted by molar-refractivity contribution is 0.280. The molecule has 0 amide bonds. The zero-order valence-corrected chi connectivity index (χ0v) is 7.44. The molecule has 1 nitrogen and oxygen atoms in total. The van der Waals surface area contributed by atoms with Gasteiger partial charge in [-0.3, -0.25) is 0 Å². The Hall–Kier alpha value is -0.410. The van der Waals surface area contributed by atoms with Gasteiger partial charge in [-0.15, -0.1) is 0 Å². The molecule has 3 heteroatoms. The average Bonchev–Trinajstić information content (AvgIpc) is 2.04. The SMILES string of the molecule is OCc1cc(F)ccc1CBr. The summed E-state index contributed by atoms with van der Waals surface area (Å²) in [6, 6.07) is 4.39. The van der Waals surface area contributed by atoms with Crippen molar-refractivity contribution in [1.29, 1.82) is 0 Å². The number of alkyl halides is 1. The molecule has 0 heterocycles. The first kappa shape index (κ1) is 8.68. The maximum absolute atomic E-state index is 12.5. The highest BCUT2D eigenvalue weighted by Gasteiger charge is 2.00. The normalized spacial score (nSPS) is 10.1. The third kappa shape index (κ3) is 2.01. The molecule has 11 heavy (non-hydrogen) atoms. The Morgan fingerprint density at radius 3 is 2.64 bits per heavy atom. The molecule has 0 bridgehead atoms. The van der Waals surface area contributed by atoms with Crippen LogP contribution in [0.4, 0.5) is 4.39 Å². The topological polar surface area (TPSA) is 20.2 Å². The largest absolute Gasteiger partial charge is 0.392 e. The van der Waals surface area contributed by atoms with Crippen molar-refractivity contribution in [1.82, 2.24) is 0 Å². The van der Waals surface area contributed by atoms with Crippen molar-refractivity contribution >= 4 is 15.9 Å². The second-order valence-corrected chi connectivity index (χ2v) is 2.77. The van der Waals surface area contributed by atoms with Gasteiger partial charge in [0, 0.05) is 5.33 Å². The number of rotatable bonds is 2. The lowest BCUT2D eigenvalue weighted by atomic mass is 10.1. The van der Waals surface area contributed by atoms with Gasteiger partial charge in [0.15, 0.2) is 0 Å². The molecule has 60 valence electrons. The van der Waals surface area contributed by atoms with Gasteiger partial charge in [-0.05, 0) is 23.3 Å². The van der Waals surface area contributed by atoms with Crippen molar-refractivity contribution in [3.05, 3.63) is 35.1 Å². The second-order valence-electron chi connectivity index (χ2n) is 2.20. The third-order valence-electron chi connectivity index (χ3n) is 1.48. The van der Waals surface area contributed by atoms with Crippen LogP contribution in [0.5, 0.6) is 0 Å². The Kier molecular flexibility index (Phi) is 3.02. The van der Waals surface area contributed by atoms with Gasteiger partial charge in [0.05, 0.1) is 6.61 Å². The van der Waals surface area contributed by atoms with E-state index in [1.54, 1.807) is 6.07 Å². The number of hydrogen-bond acceptors (Lipinski definition) is 1. The van der Waals surface area contributed by atoms with E-state index in [0.29, 0.717) is 10.9 Å². The molecule has 1 aromatic carbocycles. The molecule has 1 aromatic rings. The van der Waals surface area contributed by atoms with Crippen molar-refractivity contribution in [2.45, 2.75) is 11.9 Å². The molecule has 0 atom stereocenters. The van der Waals surface area contributed by atoms with Gasteiger partial charge in [0.25, 0.3) is 0 Å². The first-order chi connectivity index (χ1) is 5.27. The number of aliphatic hydroxyl groups excluding tert-OH is 1. The molecule has 0 fully saturated rings. The van der Waals surface area contributed by atoms with Crippen LogP contribution in [-0.4, -0.2) is 5.11 Å². The van der Waals surface area contributed by atoms with Crippen LogP contribution in [0.2, 0.25) is 0 Å². The summed E-state index contributed by atoms with van der Waals surface area (Å²) in [5, 5.41) is 9.43. The molecular weight excluding hydrogens is 211 g/mol. The van der Waals surface area contributed by atoms with Gasteiger partial charge < -0.3 is 5.11 Å². The summed E-state index contributed by atoms with van der Waals surface area (Å²) < 4.78 is 12.5. The summed E-state index contributed by atoms with van der Waals surface area (Å²) in [6.07, 6.45) is 0. The number of halogens is 2. The van der Waals surface area contributed by atoms with Crippen LogP contribution < -0.4 is 0 Å². The number of hydrogen-bond donors (Lipinski definition) is 1. The van der Waals surface area contributed by atoms with Crippen molar-refractivity contribution < 1.29 is 9.50 Å². The van der Waals surface area contributed by atoms with Gasteiger partial charge in [0.1, 0.15) is 5.82 Å². The van der Waals surface area contributed by atoms with E-state index >= 15 is 0 Å². The summed E-state index contributed by atoms with van der Waals surface area (Å²) in [6.45, 7) is -0.112. The number of aliphatic hydroxyl groups is 1. The molecular formula is C8H8BrFO. The van der Waals surface area contributed by atoms with Gasteiger partial charge in [0.2, 0.25) is 0 Å². The van der Waals surface area contributed by atoms with Gasteiger partial charge >= 0.3 is 0 Å². The lowest BCUT2D eigenvalue weighted by Gasteiger charge is -2.02. The fourth-order valence-corrected chi connectivity index (χ4v) is 1.42. The minimum atomic E-state index is -0.307. The highest BCUT2D eigenvalue weighted by atomic mass is 79.9. The van der Waals surface area contributed by atoms with E-state index < -0.39 is 0 Å². The van der Waals surface area contributed by atoms with Gasteiger partial charge in [-0.1, -0.05) is 22.0 Å². The van der Waals surface area contributed by atoms with Crippen LogP contribution in [0.25, 0.3) is 0 Å². The summed E-state index contributed by atoms with van der Waals surface area (Å²) in [5.74, 6) is -0.307. The van der Waals surface area contributed by atoms with E-state index in [2.05, 4.69) is 15.9 Å². The van der Waals surface area contributed by atoms with Crippen molar-refractivity contribution in [3.63, 3.8) is 0 Å². The highest BCUT2D eigenvalue weighted by molar-refractivity contribution is 9.08. The molecule has 0 spiro atoms. The lowest BCUT2D eigenvalue weighted by Crippen LogP contribution is -1.91. The Bertz CT molecular complexity index is 250. The molecule has 0 saturated carbocycles. The summed E-state index contributed by atoms with van der Waals surface area (Å²) >= 11 is 3.24. The van der Waals surface area contributed by atoms with Crippen molar-refractivity contribution in [2.75, 3.05) is 0 Å². The fourth-order valence-electron chi connectivity index (χ4n) is 0.872. The first-order valence-electron chi connectivity index (χ1n) is 3.22. The molecule has 1 rings (SSSR count). The smallest absolute Gasteiger partial charge is 0.123 e. The Morgan fingerprint density at radius 1 is 1.36 bits per heavy atom. The molecule has 0 aliphatic rings. The predicted octanol–water partition coefficient (Wildman–Crippen LogP) is 2.21. The van der Waals surface area contributed by atoms with Crippen LogP contribution in [-0.2, 0) is 11.9 Å². The predicted molar refractivity (Wildman–Crippen MR) is 45.0 cm³/mol. The van der Waals surface area contributed by atoms with E-state index in [9.17, 15) is 4.39 Å². The van der Waals surface area contributed by atoms with Crippen molar-refractivity contribution in [3.8, 4) is 0 Å². The van der Waals surface area contributed by atoms with E-state index in [1.807, 2.05) is 0 Å². The molecule has 0 saturated heterocycles. The zero-order valence-electron chi connectivity index (χ0n) is 5.85. The Labute approximate surface area is 73.0 Å². The third-order valence-corrected chi connectivity index (χ3v) is 2.09. The average molecular weight is 219 g/mol. The highest BCUT2D eigenvalue weighted by Crippen LogP contribution is 2.14. The minimum absolute atomic E-state index is 0.112. The fraction of sp³-hybridized carbons (Fsp3) is 0.250. The summed E-state index contributed by atoms with van der Waals surface area (Å²) in [4.78, 5) is 0. The van der Waals surface area contributed by atoms with Crippen LogP contribution >= 0.6 is 15.9 Å². The zero-order chi connectivity index (χ0) is 8.27. The Balaban J connectivity index is 3.06. The monoisotopic (exact) mass is 218 g/mol. The molecule has 0 aliphatic carbocycles. The van der Waals surface area contributed by atoms with E-state index in [1.165, 1.54) is 12.1 Å². The van der Waals surface area contributed by atoms with Crippen LogP contribution in [0.3, 0.4) is 0 Å². The molecule has 0 unspecified atom stereocenters. The first-order valence-corrected chi connectivity index (χ1v) is 4.34. The van der Waals surface area contributed by atoms with Crippen LogP contribution in [0.1, 0.15) is 11.1 Å². The minimum Gasteiger partial charge on any atom is -0.392 e. The van der Waals surface area contributed by atoms with Gasteiger partial charge in [-0.25, -0.2) is 4.39 Å². The van der Waals surface area contributed by atoms with Crippen LogP contribution in [0.15, 0.2) is 18.2 Å². The van der Waals surface area contributed by atoms with E-state index in [-0.39, 0.29) is 12.4 Å². The molecule has 0 radical (unpaired) electrons. The number of benzene rings is 1. The summed E-state index contributed by atoms with van der Waals surface area (Å²) in [5.41, 5.74) is 1.57. The molecule has 1 N–H and O–H groups in total.